The third-order valence-electron chi connectivity index (χ3n) is 2.73. The van der Waals surface area contributed by atoms with Crippen molar-refractivity contribution in [1.82, 2.24) is 0 Å². The number of aliphatic hydroxyl groups excluding tert-OH is 3. The molecule has 3 N–H and O–H groups in total. The van der Waals surface area contributed by atoms with Gasteiger partial charge < -0.3 is 20.1 Å². The van der Waals surface area contributed by atoms with Crippen molar-refractivity contribution in [2.24, 2.45) is 11.0 Å². The minimum atomic E-state index is -1.28. The van der Waals surface area contributed by atoms with E-state index in [-0.39, 0.29) is 12.5 Å². The van der Waals surface area contributed by atoms with Crippen LogP contribution in [0.3, 0.4) is 0 Å². The van der Waals surface area contributed by atoms with Gasteiger partial charge in [0.15, 0.2) is 0 Å². The summed E-state index contributed by atoms with van der Waals surface area (Å²) in [5, 5.41) is 32.2. The maximum absolute atomic E-state index is 9.68. The van der Waals surface area contributed by atoms with E-state index in [1.54, 1.807) is 0 Å². The van der Waals surface area contributed by atoms with Gasteiger partial charge in [-0.1, -0.05) is 19.0 Å². The van der Waals surface area contributed by atoms with Crippen LogP contribution in [0.4, 0.5) is 0 Å². The standard InChI is InChI=1S/C9H17N3O4/c1-4(2)9-8(15)7(14)6(13)5(16-9)3-11-12-10/h4-9,13-15H,3H2,1-2H3. The Bertz CT molecular complexity index is 280. The second kappa shape index (κ2) is 5.47. The molecule has 0 aliphatic carbocycles. The lowest BCUT2D eigenvalue weighted by Crippen LogP contribution is -2.59. The molecule has 0 saturated carbocycles. The van der Waals surface area contributed by atoms with Gasteiger partial charge in [-0.2, -0.15) is 0 Å². The Morgan fingerprint density at radius 2 is 1.88 bits per heavy atom. The first-order valence-corrected chi connectivity index (χ1v) is 5.19. The topological polar surface area (TPSA) is 119 Å². The predicted octanol–water partition coefficient (Wildman–Crippen LogP) is -0.197. The normalized spacial score (nSPS) is 39.5. The third-order valence-corrected chi connectivity index (χ3v) is 2.73. The van der Waals surface area contributed by atoms with Gasteiger partial charge in [0.1, 0.15) is 18.3 Å². The summed E-state index contributed by atoms with van der Waals surface area (Å²) < 4.78 is 5.42. The first kappa shape index (κ1) is 13.2. The zero-order valence-electron chi connectivity index (χ0n) is 9.26. The van der Waals surface area contributed by atoms with Gasteiger partial charge in [-0.25, -0.2) is 0 Å². The van der Waals surface area contributed by atoms with Crippen molar-refractivity contribution >= 4 is 0 Å². The molecule has 0 spiro atoms. The summed E-state index contributed by atoms with van der Waals surface area (Å²) in [6.45, 7) is 3.61. The van der Waals surface area contributed by atoms with E-state index >= 15 is 0 Å². The van der Waals surface area contributed by atoms with Crippen molar-refractivity contribution < 1.29 is 20.1 Å². The van der Waals surface area contributed by atoms with Gasteiger partial charge in [0, 0.05) is 4.91 Å². The van der Waals surface area contributed by atoms with Gasteiger partial charge in [-0.3, -0.25) is 0 Å². The fraction of sp³-hybridized carbons (Fsp3) is 1.00. The number of hydrogen-bond acceptors (Lipinski definition) is 5. The van der Waals surface area contributed by atoms with Gasteiger partial charge in [0.2, 0.25) is 0 Å². The maximum Gasteiger partial charge on any atom is 0.111 e. The largest absolute Gasteiger partial charge is 0.388 e. The summed E-state index contributed by atoms with van der Waals surface area (Å²) in [6.07, 6.45) is -4.99. The SMILES string of the molecule is CC(C)C1OC(CN=[N+]=[N-])C(O)C(O)C1O. The van der Waals surface area contributed by atoms with Crippen molar-refractivity contribution in [1.29, 1.82) is 0 Å². The summed E-state index contributed by atoms with van der Waals surface area (Å²) in [5.74, 6) is -0.00860. The first-order chi connectivity index (χ1) is 7.49. The molecule has 1 fully saturated rings. The van der Waals surface area contributed by atoms with E-state index in [9.17, 15) is 15.3 Å². The third kappa shape index (κ3) is 2.63. The van der Waals surface area contributed by atoms with Gasteiger partial charge in [-0.05, 0) is 11.4 Å². The zero-order chi connectivity index (χ0) is 12.3. The molecular formula is C9H17N3O4. The molecule has 7 heteroatoms. The van der Waals surface area contributed by atoms with Crippen LogP contribution in [-0.4, -0.2) is 52.4 Å². The van der Waals surface area contributed by atoms with Crippen LogP contribution < -0.4 is 0 Å². The predicted molar refractivity (Wildman–Crippen MR) is 55.5 cm³/mol. The Labute approximate surface area is 93.3 Å². The van der Waals surface area contributed by atoms with E-state index in [1.165, 1.54) is 0 Å². The molecule has 5 atom stereocenters. The highest BCUT2D eigenvalue weighted by molar-refractivity contribution is 4.93. The fourth-order valence-electron chi connectivity index (χ4n) is 1.80. The van der Waals surface area contributed by atoms with Gasteiger partial charge in [0.25, 0.3) is 0 Å². The molecule has 92 valence electrons. The highest BCUT2D eigenvalue weighted by Crippen LogP contribution is 2.25. The zero-order valence-corrected chi connectivity index (χ0v) is 9.26. The van der Waals surface area contributed by atoms with Crippen molar-refractivity contribution in [2.75, 3.05) is 6.54 Å². The summed E-state index contributed by atoms with van der Waals surface area (Å²) in [7, 11) is 0. The Hall–Kier alpha value is -0.850. The fourth-order valence-corrected chi connectivity index (χ4v) is 1.80. The maximum atomic E-state index is 9.68. The summed E-state index contributed by atoms with van der Waals surface area (Å²) in [4.78, 5) is 2.57. The number of hydrogen-bond donors (Lipinski definition) is 3. The summed E-state index contributed by atoms with van der Waals surface area (Å²) in [6, 6.07) is 0. The molecule has 1 aliphatic rings. The van der Waals surface area contributed by atoms with Crippen LogP contribution in [0.25, 0.3) is 10.4 Å². The highest BCUT2D eigenvalue weighted by Gasteiger charge is 2.44. The number of nitrogens with zero attached hydrogens (tertiary/aromatic N) is 3. The lowest BCUT2D eigenvalue weighted by molar-refractivity contribution is -0.228. The van der Waals surface area contributed by atoms with E-state index in [0.717, 1.165) is 0 Å². The minimum Gasteiger partial charge on any atom is -0.388 e. The Kier molecular flexibility index (Phi) is 4.52. The molecular weight excluding hydrogens is 214 g/mol. The van der Waals surface area contributed by atoms with E-state index < -0.39 is 30.5 Å². The van der Waals surface area contributed by atoms with Crippen LogP contribution in [-0.2, 0) is 4.74 Å². The van der Waals surface area contributed by atoms with Crippen molar-refractivity contribution in [3.8, 4) is 0 Å². The van der Waals surface area contributed by atoms with Crippen molar-refractivity contribution in [3.05, 3.63) is 10.4 Å². The quantitative estimate of drug-likeness (QED) is 0.354. The molecule has 16 heavy (non-hydrogen) atoms. The molecule has 1 heterocycles. The van der Waals surface area contributed by atoms with Crippen LogP contribution in [0, 0.1) is 5.92 Å². The monoisotopic (exact) mass is 231 g/mol. The molecule has 0 radical (unpaired) electrons. The average molecular weight is 231 g/mol. The number of azide groups is 1. The molecule has 0 aromatic rings. The lowest BCUT2D eigenvalue weighted by Gasteiger charge is -2.42. The molecule has 7 nitrogen and oxygen atoms in total. The summed E-state index contributed by atoms with van der Waals surface area (Å²) >= 11 is 0. The molecule has 0 aromatic heterocycles. The highest BCUT2D eigenvalue weighted by atomic mass is 16.5. The second-order valence-electron chi connectivity index (χ2n) is 4.27. The van der Waals surface area contributed by atoms with Crippen LogP contribution in [0.1, 0.15) is 13.8 Å². The van der Waals surface area contributed by atoms with E-state index in [2.05, 4.69) is 10.0 Å². The van der Waals surface area contributed by atoms with Crippen LogP contribution in [0.5, 0.6) is 0 Å². The molecule has 0 bridgehead atoms. The average Bonchev–Trinajstić information content (AvgIpc) is 2.24. The van der Waals surface area contributed by atoms with Crippen molar-refractivity contribution in [2.45, 2.75) is 44.4 Å². The Morgan fingerprint density at radius 3 is 2.38 bits per heavy atom. The van der Waals surface area contributed by atoms with E-state index in [1.807, 2.05) is 13.8 Å². The van der Waals surface area contributed by atoms with E-state index in [4.69, 9.17) is 10.3 Å². The Balaban J connectivity index is 2.76. The van der Waals surface area contributed by atoms with Crippen molar-refractivity contribution in [3.63, 3.8) is 0 Å². The molecule has 0 aromatic carbocycles. The first-order valence-electron chi connectivity index (χ1n) is 5.19. The molecule has 1 rings (SSSR count). The number of rotatable bonds is 3. The smallest absolute Gasteiger partial charge is 0.111 e. The van der Waals surface area contributed by atoms with Crippen LogP contribution in [0.2, 0.25) is 0 Å². The van der Waals surface area contributed by atoms with Gasteiger partial charge in [-0.15, -0.1) is 0 Å². The van der Waals surface area contributed by atoms with Gasteiger partial charge >= 0.3 is 0 Å². The summed E-state index contributed by atoms with van der Waals surface area (Å²) in [5.41, 5.74) is 8.19. The lowest BCUT2D eigenvalue weighted by atomic mass is 9.89. The molecule has 1 aliphatic heterocycles. The molecule has 0 amide bonds. The molecule has 5 unspecified atom stereocenters. The second-order valence-corrected chi connectivity index (χ2v) is 4.27. The Morgan fingerprint density at radius 1 is 1.25 bits per heavy atom. The number of aliphatic hydroxyl groups is 3. The minimum absolute atomic E-state index is 0.00860. The van der Waals surface area contributed by atoms with E-state index in [0.29, 0.717) is 0 Å². The van der Waals surface area contributed by atoms with Crippen LogP contribution >= 0.6 is 0 Å². The number of ether oxygens (including phenoxy) is 1. The van der Waals surface area contributed by atoms with Gasteiger partial charge in [0.05, 0.1) is 18.8 Å². The molecule has 1 saturated heterocycles. The van der Waals surface area contributed by atoms with Crippen LogP contribution in [0.15, 0.2) is 5.11 Å².